The first-order valence-electron chi connectivity index (χ1n) is 12.5. The highest BCUT2D eigenvalue weighted by Gasteiger charge is 2.38. The number of aryl methyl sites for hydroxylation is 1. The fourth-order valence-corrected chi connectivity index (χ4v) is 4.98. The SMILES string of the molecule is Cc1cc(Br)cc(CNC(=O)[C@H](C)NC(=O)[C@H]2C[C@H](Cc3ccccc3)CN2)c1-n1cnnn1.O=C(O)C(F)(F)F. The van der Waals surface area contributed by atoms with Gasteiger partial charge >= 0.3 is 12.1 Å². The summed E-state index contributed by atoms with van der Waals surface area (Å²) < 4.78 is 34.2. The number of halogens is 4. The molecule has 0 bridgehead atoms. The van der Waals surface area contributed by atoms with Crippen LogP contribution in [0.3, 0.4) is 0 Å². The van der Waals surface area contributed by atoms with Gasteiger partial charge in [0.05, 0.1) is 11.7 Å². The summed E-state index contributed by atoms with van der Waals surface area (Å²) in [6.07, 6.45) is -1.88. The Labute approximate surface area is 242 Å². The maximum atomic E-state index is 12.7. The highest BCUT2D eigenvalue weighted by molar-refractivity contribution is 9.10. The molecule has 3 atom stereocenters. The number of amides is 2. The van der Waals surface area contributed by atoms with Gasteiger partial charge in [0.1, 0.15) is 12.4 Å². The first-order valence-corrected chi connectivity index (χ1v) is 13.3. The van der Waals surface area contributed by atoms with Gasteiger partial charge in [0.15, 0.2) is 0 Å². The highest BCUT2D eigenvalue weighted by atomic mass is 79.9. The molecule has 2 heterocycles. The Hall–Kier alpha value is -3.85. The van der Waals surface area contributed by atoms with Gasteiger partial charge in [0.2, 0.25) is 11.8 Å². The highest BCUT2D eigenvalue weighted by Crippen LogP contribution is 2.24. The molecule has 15 heteroatoms. The Balaban J connectivity index is 0.000000587. The second-order valence-corrected chi connectivity index (χ2v) is 10.4. The number of aliphatic carboxylic acids is 1. The van der Waals surface area contributed by atoms with Crippen LogP contribution in [0.4, 0.5) is 13.2 Å². The third-order valence-corrected chi connectivity index (χ3v) is 6.73. The monoisotopic (exact) mass is 639 g/mol. The van der Waals surface area contributed by atoms with Crippen LogP contribution in [0.1, 0.15) is 30.0 Å². The van der Waals surface area contributed by atoms with Gasteiger partial charge in [-0.3, -0.25) is 9.59 Å². The van der Waals surface area contributed by atoms with E-state index in [4.69, 9.17) is 9.90 Å². The zero-order valence-corrected chi connectivity index (χ0v) is 23.7. The molecule has 1 aliphatic heterocycles. The van der Waals surface area contributed by atoms with Crippen molar-refractivity contribution in [1.82, 2.24) is 36.2 Å². The van der Waals surface area contributed by atoms with Crippen molar-refractivity contribution >= 4 is 33.7 Å². The summed E-state index contributed by atoms with van der Waals surface area (Å²) in [5.74, 6) is -2.77. The summed E-state index contributed by atoms with van der Waals surface area (Å²) in [5, 5.41) is 27.6. The van der Waals surface area contributed by atoms with E-state index in [1.165, 1.54) is 11.9 Å². The molecule has 1 saturated heterocycles. The number of aromatic nitrogens is 4. The maximum Gasteiger partial charge on any atom is 0.490 e. The number of nitrogens with one attached hydrogen (secondary N) is 3. The predicted octanol–water partition coefficient (Wildman–Crippen LogP) is 2.71. The number of carboxylic acids is 1. The van der Waals surface area contributed by atoms with Crippen molar-refractivity contribution in [2.45, 2.75) is 51.5 Å². The van der Waals surface area contributed by atoms with Crippen molar-refractivity contribution in [3.63, 3.8) is 0 Å². The van der Waals surface area contributed by atoms with Crippen LogP contribution in [0, 0.1) is 12.8 Å². The van der Waals surface area contributed by atoms with Gasteiger partial charge in [0, 0.05) is 11.0 Å². The van der Waals surface area contributed by atoms with Crippen molar-refractivity contribution in [3.05, 3.63) is 70.0 Å². The van der Waals surface area contributed by atoms with E-state index in [0.717, 1.165) is 40.7 Å². The smallest absolute Gasteiger partial charge is 0.475 e. The van der Waals surface area contributed by atoms with Crippen molar-refractivity contribution < 1.29 is 32.7 Å². The molecule has 1 fully saturated rings. The van der Waals surface area contributed by atoms with Crippen LogP contribution >= 0.6 is 15.9 Å². The first kappa shape index (κ1) is 31.7. The van der Waals surface area contributed by atoms with E-state index < -0.39 is 18.2 Å². The average molecular weight is 640 g/mol. The summed E-state index contributed by atoms with van der Waals surface area (Å²) in [6.45, 7) is 4.71. The van der Waals surface area contributed by atoms with E-state index >= 15 is 0 Å². The summed E-state index contributed by atoms with van der Waals surface area (Å²) in [5.41, 5.74) is 3.90. The Morgan fingerprint density at radius 3 is 2.51 bits per heavy atom. The summed E-state index contributed by atoms with van der Waals surface area (Å²) in [7, 11) is 0. The first-order chi connectivity index (χ1) is 19.3. The minimum Gasteiger partial charge on any atom is -0.475 e. The van der Waals surface area contributed by atoms with Crippen LogP contribution < -0.4 is 16.0 Å². The van der Waals surface area contributed by atoms with Gasteiger partial charge in [-0.15, -0.1) is 5.10 Å². The summed E-state index contributed by atoms with van der Waals surface area (Å²) in [6, 6.07) is 13.2. The lowest BCUT2D eigenvalue weighted by Gasteiger charge is -2.18. The molecule has 11 nitrogen and oxygen atoms in total. The van der Waals surface area contributed by atoms with E-state index in [-0.39, 0.29) is 24.4 Å². The van der Waals surface area contributed by atoms with Gasteiger partial charge < -0.3 is 21.1 Å². The molecule has 0 saturated carbocycles. The molecule has 1 aliphatic rings. The molecule has 0 radical (unpaired) electrons. The average Bonchev–Trinajstić information content (AvgIpc) is 3.60. The van der Waals surface area contributed by atoms with Crippen LogP contribution in [0.25, 0.3) is 5.69 Å². The number of benzene rings is 2. The van der Waals surface area contributed by atoms with Crippen molar-refractivity contribution in [2.75, 3.05) is 6.54 Å². The fourth-order valence-electron chi connectivity index (χ4n) is 4.36. The molecule has 2 amide bonds. The number of carbonyl (C=O) groups excluding carboxylic acids is 2. The van der Waals surface area contributed by atoms with Crippen molar-refractivity contribution in [2.24, 2.45) is 5.92 Å². The molecule has 4 rings (SSSR count). The topological polar surface area (TPSA) is 151 Å². The predicted molar refractivity (Wildman–Crippen MR) is 145 cm³/mol. The molecule has 0 spiro atoms. The van der Waals surface area contributed by atoms with Crippen LogP contribution in [-0.4, -0.2) is 67.9 Å². The van der Waals surface area contributed by atoms with Crippen LogP contribution in [0.2, 0.25) is 0 Å². The van der Waals surface area contributed by atoms with Gasteiger partial charge in [-0.2, -0.15) is 17.9 Å². The number of rotatable bonds is 8. The number of nitrogens with zero attached hydrogens (tertiary/aromatic N) is 4. The Bertz CT molecular complexity index is 1340. The van der Waals surface area contributed by atoms with E-state index in [0.29, 0.717) is 5.92 Å². The summed E-state index contributed by atoms with van der Waals surface area (Å²) in [4.78, 5) is 34.4. The Morgan fingerprint density at radius 1 is 1.22 bits per heavy atom. The molecule has 0 unspecified atom stereocenters. The molecule has 2 aromatic carbocycles. The lowest BCUT2D eigenvalue weighted by Crippen LogP contribution is -2.50. The van der Waals surface area contributed by atoms with Crippen LogP contribution in [0.5, 0.6) is 0 Å². The zero-order valence-electron chi connectivity index (χ0n) is 22.2. The number of carbonyl (C=O) groups is 3. The molecular weight excluding hydrogens is 611 g/mol. The van der Waals surface area contributed by atoms with Gasteiger partial charge in [0.25, 0.3) is 0 Å². The number of carboxylic acid groups (broad SMARTS) is 1. The third-order valence-electron chi connectivity index (χ3n) is 6.28. The van der Waals surface area contributed by atoms with E-state index in [9.17, 15) is 22.8 Å². The van der Waals surface area contributed by atoms with E-state index in [1.54, 1.807) is 11.6 Å². The number of hydrogen-bond donors (Lipinski definition) is 4. The molecular formula is C26H29BrF3N7O4. The largest absolute Gasteiger partial charge is 0.490 e. The Kier molecular flexibility index (Phi) is 10.9. The van der Waals surface area contributed by atoms with Gasteiger partial charge in [-0.25, -0.2) is 4.79 Å². The van der Waals surface area contributed by atoms with Crippen molar-refractivity contribution in [3.8, 4) is 5.69 Å². The maximum absolute atomic E-state index is 12.7. The lowest BCUT2D eigenvalue weighted by atomic mass is 9.96. The quantitative estimate of drug-likeness (QED) is 0.294. The molecule has 3 aromatic rings. The normalized spacial score (nSPS) is 17.2. The summed E-state index contributed by atoms with van der Waals surface area (Å²) >= 11 is 3.50. The minimum absolute atomic E-state index is 0.147. The lowest BCUT2D eigenvalue weighted by molar-refractivity contribution is -0.192. The number of alkyl halides is 3. The third kappa shape index (κ3) is 9.35. The Morgan fingerprint density at radius 2 is 1.90 bits per heavy atom. The molecule has 4 N–H and O–H groups in total. The van der Waals surface area contributed by atoms with E-state index in [1.807, 2.05) is 37.3 Å². The minimum atomic E-state index is -5.08. The van der Waals surface area contributed by atoms with Crippen molar-refractivity contribution in [1.29, 1.82) is 0 Å². The second-order valence-electron chi connectivity index (χ2n) is 9.49. The molecule has 1 aromatic heterocycles. The molecule has 41 heavy (non-hydrogen) atoms. The van der Waals surface area contributed by atoms with Crippen LogP contribution in [0.15, 0.2) is 53.3 Å². The second kappa shape index (κ2) is 14.2. The molecule has 220 valence electrons. The van der Waals surface area contributed by atoms with Gasteiger partial charge in [-0.1, -0.05) is 46.3 Å². The fraction of sp³-hybridized carbons (Fsp3) is 0.385. The molecule has 0 aliphatic carbocycles. The number of hydrogen-bond acceptors (Lipinski definition) is 7. The van der Waals surface area contributed by atoms with Crippen LogP contribution in [-0.2, 0) is 27.3 Å². The van der Waals surface area contributed by atoms with Gasteiger partial charge in [-0.05, 0) is 78.4 Å². The zero-order chi connectivity index (χ0) is 30.2. The standard InChI is InChI=1S/C24H28BrN7O2.C2HF3O2/c1-15-8-20(25)11-19(22(15)32-14-28-30-31-32)13-27-23(33)16(2)29-24(34)21-10-18(12-26-21)9-17-6-4-3-5-7-17;3-2(4,5)1(6)7/h3-8,11,14,16,18,21,26H,9-10,12-13H2,1-2H3,(H,27,33)(H,29,34);(H,6,7)/t16-,18-,21+;/m0./s1. The number of tetrazole rings is 1. The van der Waals surface area contributed by atoms with E-state index in [2.05, 4.69) is 59.5 Å².